The number of H-pyrrole nitrogens is 1. The number of hydrogen-bond acceptors (Lipinski definition) is 5. The number of nitrogens with zero attached hydrogens (tertiary/aromatic N) is 2. The lowest BCUT2D eigenvalue weighted by Crippen LogP contribution is -2.17. The molecule has 1 heterocycles. The Bertz CT molecular complexity index is 712. The highest BCUT2D eigenvalue weighted by atomic mass is 35.5. The average molecular weight is 309 g/mol. The predicted octanol–water partition coefficient (Wildman–Crippen LogP) is 2.05. The van der Waals surface area contributed by atoms with E-state index >= 15 is 0 Å². The Labute approximate surface area is 123 Å². The van der Waals surface area contributed by atoms with Gasteiger partial charge in [0.25, 0.3) is 5.91 Å². The van der Waals surface area contributed by atoms with E-state index in [0.717, 1.165) is 12.3 Å². The van der Waals surface area contributed by atoms with Gasteiger partial charge < -0.3 is 10.1 Å². The number of nitro benzene ring substituents is 1. The predicted molar refractivity (Wildman–Crippen MR) is 75.6 cm³/mol. The van der Waals surface area contributed by atoms with Crippen LogP contribution in [0, 0.1) is 10.1 Å². The van der Waals surface area contributed by atoms with E-state index in [1.54, 1.807) is 18.3 Å². The van der Waals surface area contributed by atoms with Gasteiger partial charge in [-0.1, -0.05) is 11.6 Å². The standard InChI is InChI=1S/C12H9ClN4O4/c13-8-4-7(11(18)10(5-8)17(20)21)6-15-16-12(19)9-2-1-3-14-9/h1-6,14,18H,(H,16,19)/b15-6-. The number of halogens is 1. The Kier molecular flexibility index (Phi) is 4.19. The van der Waals surface area contributed by atoms with E-state index in [0.29, 0.717) is 5.69 Å². The van der Waals surface area contributed by atoms with Crippen LogP contribution < -0.4 is 5.43 Å². The molecule has 0 atom stereocenters. The van der Waals surface area contributed by atoms with Crippen molar-refractivity contribution in [1.82, 2.24) is 10.4 Å². The maximum atomic E-state index is 11.6. The van der Waals surface area contributed by atoms with Crippen LogP contribution in [0.3, 0.4) is 0 Å². The molecule has 0 aliphatic heterocycles. The lowest BCUT2D eigenvalue weighted by atomic mass is 10.2. The molecule has 108 valence electrons. The molecule has 0 spiro atoms. The topological polar surface area (TPSA) is 121 Å². The maximum absolute atomic E-state index is 11.6. The third-order valence-corrected chi connectivity index (χ3v) is 2.71. The van der Waals surface area contributed by atoms with E-state index in [1.807, 2.05) is 0 Å². The molecule has 0 radical (unpaired) electrons. The number of rotatable bonds is 4. The van der Waals surface area contributed by atoms with Crippen molar-refractivity contribution in [2.75, 3.05) is 0 Å². The number of hydrazone groups is 1. The fourth-order valence-corrected chi connectivity index (χ4v) is 1.76. The number of carbonyl (C=O) groups excluding carboxylic acids is 1. The van der Waals surface area contributed by atoms with E-state index in [-0.39, 0.29) is 10.6 Å². The third kappa shape index (κ3) is 3.37. The smallest absolute Gasteiger partial charge is 0.312 e. The highest BCUT2D eigenvalue weighted by Crippen LogP contribution is 2.32. The Balaban J connectivity index is 2.18. The summed E-state index contributed by atoms with van der Waals surface area (Å²) >= 11 is 5.72. The van der Waals surface area contributed by atoms with Crippen LogP contribution in [0.2, 0.25) is 5.02 Å². The van der Waals surface area contributed by atoms with Gasteiger partial charge in [0.15, 0.2) is 0 Å². The molecule has 1 aromatic heterocycles. The molecule has 0 bridgehead atoms. The largest absolute Gasteiger partial charge is 0.502 e. The van der Waals surface area contributed by atoms with Gasteiger partial charge in [-0.25, -0.2) is 5.43 Å². The van der Waals surface area contributed by atoms with Crippen LogP contribution >= 0.6 is 11.6 Å². The zero-order chi connectivity index (χ0) is 15.4. The molecule has 3 N–H and O–H groups in total. The van der Waals surface area contributed by atoms with Gasteiger partial charge in [0, 0.05) is 22.8 Å². The lowest BCUT2D eigenvalue weighted by molar-refractivity contribution is -0.385. The average Bonchev–Trinajstić information content (AvgIpc) is 2.95. The Morgan fingerprint density at radius 3 is 2.90 bits per heavy atom. The summed E-state index contributed by atoms with van der Waals surface area (Å²) in [6, 6.07) is 5.50. The minimum Gasteiger partial charge on any atom is -0.502 e. The number of nitro groups is 1. The van der Waals surface area contributed by atoms with Crippen LogP contribution in [-0.4, -0.2) is 27.1 Å². The van der Waals surface area contributed by atoms with Crippen LogP contribution in [0.4, 0.5) is 5.69 Å². The van der Waals surface area contributed by atoms with Crippen molar-refractivity contribution in [2.24, 2.45) is 5.10 Å². The summed E-state index contributed by atoms with van der Waals surface area (Å²) in [6.45, 7) is 0. The van der Waals surface area contributed by atoms with E-state index in [4.69, 9.17) is 11.6 Å². The monoisotopic (exact) mass is 308 g/mol. The van der Waals surface area contributed by atoms with Gasteiger partial charge in [-0.2, -0.15) is 5.10 Å². The highest BCUT2D eigenvalue weighted by molar-refractivity contribution is 6.31. The summed E-state index contributed by atoms with van der Waals surface area (Å²) in [5.74, 6) is -1.07. The molecule has 21 heavy (non-hydrogen) atoms. The van der Waals surface area contributed by atoms with Crippen molar-refractivity contribution in [3.05, 3.63) is 56.9 Å². The first-order valence-electron chi connectivity index (χ1n) is 5.62. The van der Waals surface area contributed by atoms with Gasteiger partial charge in [0.2, 0.25) is 5.75 Å². The number of aromatic amines is 1. The molecule has 1 amide bonds. The lowest BCUT2D eigenvalue weighted by Gasteiger charge is -2.01. The second kappa shape index (κ2) is 6.06. The zero-order valence-corrected chi connectivity index (χ0v) is 11.2. The van der Waals surface area contributed by atoms with Gasteiger partial charge >= 0.3 is 5.69 Å². The molecule has 0 saturated heterocycles. The molecule has 2 aromatic rings. The van der Waals surface area contributed by atoms with E-state index in [2.05, 4.69) is 15.5 Å². The molecule has 0 fully saturated rings. The molecule has 0 aliphatic carbocycles. The molecule has 0 unspecified atom stereocenters. The van der Waals surface area contributed by atoms with Gasteiger partial charge in [-0.15, -0.1) is 0 Å². The van der Waals surface area contributed by atoms with Gasteiger partial charge in [0.05, 0.1) is 11.1 Å². The van der Waals surface area contributed by atoms with Crippen molar-refractivity contribution in [2.45, 2.75) is 0 Å². The zero-order valence-electron chi connectivity index (χ0n) is 10.4. The third-order valence-electron chi connectivity index (χ3n) is 2.49. The van der Waals surface area contributed by atoms with Crippen LogP contribution in [0.15, 0.2) is 35.6 Å². The normalized spacial score (nSPS) is 10.7. The first-order chi connectivity index (χ1) is 9.99. The van der Waals surface area contributed by atoms with Crippen LogP contribution in [0.25, 0.3) is 0 Å². The molecule has 0 aliphatic rings. The highest BCUT2D eigenvalue weighted by Gasteiger charge is 2.17. The summed E-state index contributed by atoms with van der Waals surface area (Å²) in [4.78, 5) is 24.2. The molecular formula is C12H9ClN4O4. The summed E-state index contributed by atoms with van der Waals surface area (Å²) in [6.07, 6.45) is 2.64. The molecule has 1 aromatic carbocycles. The number of benzene rings is 1. The molecule has 2 rings (SSSR count). The first-order valence-corrected chi connectivity index (χ1v) is 6.00. The van der Waals surface area contributed by atoms with Crippen LogP contribution in [0.5, 0.6) is 5.75 Å². The SMILES string of the molecule is O=C(N/N=C\c1cc(Cl)cc([N+](=O)[O-])c1O)c1ccc[nH]1. The van der Waals surface area contributed by atoms with E-state index in [1.165, 1.54) is 6.07 Å². The Hall–Kier alpha value is -2.87. The van der Waals surface area contributed by atoms with Crippen LogP contribution in [-0.2, 0) is 0 Å². The minimum atomic E-state index is -0.768. The Morgan fingerprint density at radius 1 is 1.52 bits per heavy atom. The second-order valence-electron chi connectivity index (χ2n) is 3.90. The number of amides is 1. The van der Waals surface area contributed by atoms with Crippen molar-refractivity contribution >= 4 is 29.4 Å². The van der Waals surface area contributed by atoms with Crippen LogP contribution in [0.1, 0.15) is 16.1 Å². The summed E-state index contributed by atoms with van der Waals surface area (Å²) in [5, 5.41) is 24.1. The van der Waals surface area contributed by atoms with Gasteiger partial charge in [-0.3, -0.25) is 14.9 Å². The van der Waals surface area contributed by atoms with Gasteiger partial charge in [0.1, 0.15) is 5.69 Å². The summed E-state index contributed by atoms with van der Waals surface area (Å²) < 4.78 is 0. The molecule has 0 saturated carbocycles. The Morgan fingerprint density at radius 2 is 2.29 bits per heavy atom. The van der Waals surface area contributed by atoms with E-state index < -0.39 is 22.3 Å². The second-order valence-corrected chi connectivity index (χ2v) is 4.34. The van der Waals surface area contributed by atoms with E-state index in [9.17, 15) is 20.0 Å². The number of carbonyl (C=O) groups is 1. The fourth-order valence-electron chi connectivity index (χ4n) is 1.54. The molecule has 9 heteroatoms. The number of hydrogen-bond donors (Lipinski definition) is 3. The molecule has 8 nitrogen and oxygen atoms in total. The molecular weight excluding hydrogens is 300 g/mol. The number of phenolic OH excluding ortho intramolecular Hbond substituents is 1. The van der Waals surface area contributed by atoms with Gasteiger partial charge in [-0.05, 0) is 18.2 Å². The minimum absolute atomic E-state index is 0.0148. The first kappa shape index (κ1) is 14.5. The number of nitrogens with one attached hydrogen (secondary N) is 2. The quantitative estimate of drug-likeness (QED) is 0.454. The fraction of sp³-hybridized carbons (Fsp3) is 0. The number of aromatic nitrogens is 1. The van der Waals surface area contributed by atoms with Crippen molar-refractivity contribution in [3.63, 3.8) is 0 Å². The van der Waals surface area contributed by atoms with Crippen molar-refractivity contribution in [1.29, 1.82) is 0 Å². The number of aromatic hydroxyl groups is 1. The summed E-state index contributed by atoms with van der Waals surface area (Å²) in [5.41, 5.74) is 1.98. The number of phenols is 1. The summed E-state index contributed by atoms with van der Waals surface area (Å²) in [7, 11) is 0. The maximum Gasteiger partial charge on any atom is 0.312 e. The van der Waals surface area contributed by atoms with Crippen molar-refractivity contribution < 1.29 is 14.8 Å². The van der Waals surface area contributed by atoms with Crippen molar-refractivity contribution in [3.8, 4) is 5.75 Å².